The third-order valence-corrected chi connectivity index (χ3v) is 10.9. The van der Waals surface area contributed by atoms with E-state index in [0.717, 1.165) is 47.8 Å². The zero-order chi connectivity index (χ0) is 32.4. The number of morpholine rings is 1. The van der Waals surface area contributed by atoms with Crippen LogP contribution in [0.1, 0.15) is 77.1 Å². The van der Waals surface area contributed by atoms with Crippen molar-refractivity contribution >= 4 is 38.8 Å². The topological polar surface area (TPSA) is 131 Å². The minimum atomic E-state index is -1.27. The molecule has 2 aliphatic heterocycles. The number of aromatic amines is 1. The Hall–Kier alpha value is -3.20. The maximum Gasteiger partial charge on any atom is 0.305 e. The molecule has 2 fully saturated rings. The van der Waals surface area contributed by atoms with E-state index in [9.17, 15) is 19.8 Å². The van der Waals surface area contributed by atoms with Crippen LogP contribution in [-0.2, 0) is 11.3 Å². The molecule has 46 heavy (non-hydrogen) atoms. The van der Waals surface area contributed by atoms with Crippen LogP contribution < -0.4 is 10.2 Å². The number of thiazole rings is 2. The first kappa shape index (κ1) is 32.7. The Morgan fingerprint density at radius 3 is 2.76 bits per heavy atom. The number of fused-ring (bicyclic) bond motifs is 1. The van der Waals surface area contributed by atoms with Gasteiger partial charge in [-0.1, -0.05) is 55.5 Å². The van der Waals surface area contributed by atoms with Crippen LogP contribution in [0.5, 0.6) is 5.75 Å². The molecule has 0 bridgehead atoms. The van der Waals surface area contributed by atoms with E-state index in [1.165, 1.54) is 17.4 Å². The number of benzene rings is 2. The molecule has 4 aromatic rings. The molecule has 2 aromatic heterocycles. The van der Waals surface area contributed by atoms with Gasteiger partial charge >= 0.3 is 4.87 Å². The molecule has 2 aliphatic rings. The second kappa shape index (κ2) is 13.9. The number of nitrogens with one attached hydrogen (secondary N) is 2. The number of nitrogens with zero attached hydrogens (tertiary/aromatic N) is 3. The van der Waals surface area contributed by atoms with Gasteiger partial charge in [-0.15, -0.1) is 11.3 Å². The molecule has 4 N–H and O–H groups in total. The largest absolute Gasteiger partial charge is 0.506 e. The monoisotopic (exact) mass is 669 g/mol. The SMILES string of the molecule is CC(C)c1nc(C(=O)N2CCOC3(CCN(Cc4cccc(C(F)CNC[C@H](O)c5ccc(O)c6[nH]c(=O)sc56)c4)CC3)C2)cs1. The molecular weight excluding hydrogens is 630 g/mol. The predicted octanol–water partition coefficient (Wildman–Crippen LogP) is 4.72. The van der Waals surface area contributed by atoms with Crippen molar-refractivity contribution in [1.29, 1.82) is 0 Å². The number of hydrogen-bond acceptors (Lipinski definition) is 10. The van der Waals surface area contributed by atoms with Crippen molar-refractivity contribution in [2.24, 2.45) is 0 Å². The van der Waals surface area contributed by atoms with Gasteiger partial charge in [0.05, 0.1) is 34.6 Å². The molecule has 10 nitrogen and oxygen atoms in total. The van der Waals surface area contributed by atoms with E-state index in [2.05, 4.69) is 34.0 Å². The van der Waals surface area contributed by atoms with E-state index in [1.54, 1.807) is 12.1 Å². The lowest BCUT2D eigenvalue weighted by atomic mass is 9.89. The molecule has 2 aromatic carbocycles. The van der Waals surface area contributed by atoms with E-state index >= 15 is 4.39 Å². The highest BCUT2D eigenvalue weighted by Crippen LogP contribution is 2.33. The van der Waals surface area contributed by atoms with Crippen LogP contribution in [0.3, 0.4) is 0 Å². The number of carbonyl (C=O) groups is 1. The highest BCUT2D eigenvalue weighted by atomic mass is 32.1. The van der Waals surface area contributed by atoms with E-state index in [1.807, 2.05) is 28.5 Å². The number of alkyl halides is 1. The van der Waals surface area contributed by atoms with Crippen molar-refractivity contribution in [1.82, 2.24) is 25.1 Å². The van der Waals surface area contributed by atoms with Crippen molar-refractivity contribution in [3.05, 3.63) is 78.8 Å². The summed E-state index contributed by atoms with van der Waals surface area (Å²) >= 11 is 2.46. The smallest absolute Gasteiger partial charge is 0.305 e. The molecule has 13 heteroatoms. The van der Waals surface area contributed by atoms with Crippen molar-refractivity contribution in [3.8, 4) is 5.75 Å². The molecule has 1 amide bonds. The van der Waals surface area contributed by atoms with Gasteiger partial charge in [-0.25, -0.2) is 9.37 Å². The first-order valence-corrected chi connectivity index (χ1v) is 17.4. The molecule has 0 radical (unpaired) electrons. The number of aliphatic hydroxyl groups excluding tert-OH is 1. The number of phenolic OH excluding ortho intramolecular Hbond substituents is 1. The number of rotatable bonds is 10. The van der Waals surface area contributed by atoms with Crippen molar-refractivity contribution in [2.75, 3.05) is 45.9 Å². The van der Waals surface area contributed by atoms with E-state index < -0.39 is 12.3 Å². The quantitative estimate of drug-likeness (QED) is 0.191. The Labute approximate surface area is 274 Å². The Kier molecular flexibility index (Phi) is 9.88. The molecule has 1 spiro atoms. The van der Waals surface area contributed by atoms with Gasteiger partial charge in [-0.3, -0.25) is 14.5 Å². The van der Waals surface area contributed by atoms with E-state index in [-0.39, 0.29) is 35.2 Å². The number of aromatic nitrogens is 2. The fraction of sp³-hybridized carbons (Fsp3) is 0.485. The predicted molar refractivity (Wildman–Crippen MR) is 178 cm³/mol. The van der Waals surface area contributed by atoms with Gasteiger partial charge < -0.3 is 30.2 Å². The normalized spacial score (nSPS) is 18.4. The number of likely N-dealkylation sites (tertiary alicyclic amines) is 1. The maximum atomic E-state index is 15.3. The minimum Gasteiger partial charge on any atom is -0.506 e. The molecule has 4 heterocycles. The third-order valence-electron chi connectivity index (χ3n) is 8.87. The van der Waals surface area contributed by atoms with Gasteiger partial charge in [0.15, 0.2) is 0 Å². The fourth-order valence-corrected chi connectivity index (χ4v) is 8.00. The summed E-state index contributed by atoms with van der Waals surface area (Å²) in [5.74, 6) is 0.217. The second-order valence-corrected chi connectivity index (χ2v) is 14.4. The molecule has 0 saturated carbocycles. The summed E-state index contributed by atoms with van der Waals surface area (Å²) in [6.07, 6.45) is -0.613. The fourth-order valence-electron chi connectivity index (χ4n) is 6.27. The van der Waals surface area contributed by atoms with Gasteiger partial charge in [-0.2, -0.15) is 0 Å². The zero-order valence-corrected chi connectivity index (χ0v) is 27.6. The van der Waals surface area contributed by atoms with Crippen molar-refractivity contribution in [3.63, 3.8) is 0 Å². The average molecular weight is 670 g/mol. The van der Waals surface area contributed by atoms with Crippen LogP contribution in [0.15, 0.2) is 46.6 Å². The summed E-state index contributed by atoms with van der Waals surface area (Å²) in [6, 6.07) is 10.5. The van der Waals surface area contributed by atoms with Crippen LogP contribution in [0.25, 0.3) is 10.2 Å². The number of hydrogen-bond donors (Lipinski definition) is 4. The van der Waals surface area contributed by atoms with Crippen LogP contribution >= 0.6 is 22.7 Å². The lowest BCUT2D eigenvalue weighted by Gasteiger charge is -2.47. The lowest BCUT2D eigenvalue weighted by Crippen LogP contribution is -2.58. The molecule has 2 saturated heterocycles. The highest BCUT2D eigenvalue weighted by molar-refractivity contribution is 7.16. The van der Waals surface area contributed by atoms with Gasteiger partial charge in [0.1, 0.15) is 23.1 Å². The van der Waals surface area contributed by atoms with Crippen LogP contribution in [0, 0.1) is 0 Å². The maximum absolute atomic E-state index is 15.3. The number of halogens is 1. The molecule has 2 atom stereocenters. The molecular formula is C33H40FN5O5S2. The Morgan fingerprint density at radius 1 is 1.20 bits per heavy atom. The molecule has 1 unspecified atom stereocenters. The number of H-pyrrole nitrogens is 1. The van der Waals surface area contributed by atoms with E-state index in [4.69, 9.17) is 4.74 Å². The second-order valence-electron chi connectivity index (χ2n) is 12.5. The van der Waals surface area contributed by atoms with Crippen molar-refractivity contribution in [2.45, 2.75) is 57.0 Å². The number of piperidine rings is 1. The summed E-state index contributed by atoms with van der Waals surface area (Å²) in [5, 5.41) is 26.6. The van der Waals surface area contributed by atoms with Gasteiger partial charge in [0.25, 0.3) is 5.91 Å². The van der Waals surface area contributed by atoms with Gasteiger partial charge in [-0.05, 0) is 30.0 Å². The molecule has 6 rings (SSSR count). The lowest BCUT2D eigenvalue weighted by molar-refractivity contribution is -0.128. The van der Waals surface area contributed by atoms with Crippen molar-refractivity contribution < 1.29 is 24.1 Å². The Bertz CT molecular complexity index is 1730. The van der Waals surface area contributed by atoms with Crippen LogP contribution in [0.4, 0.5) is 4.39 Å². The number of ether oxygens (including phenoxy) is 1. The zero-order valence-electron chi connectivity index (χ0n) is 26.0. The number of aliphatic hydroxyl groups is 1. The number of amides is 1. The molecule has 246 valence electrons. The van der Waals surface area contributed by atoms with Gasteiger partial charge in [0, 0.05) is 56.1 Å². The standard InChI is InChI=1S/C33H40FN5O5S2/c1-20(2)30-36-25(18-45-30)31(42)39-12-13-44-33(19-39)8-10-38(11-9-33)17-21-4-3-5-22(14-21)24(34)15-35-16-27(41)23-6-7-26(40)28-29(23)46-32(43)37-28/h3-7,14,18,20,24,27,35,40-41H,8-13,15-17,19H2,1-2H3,(H,37,43)/t24?,27-/m0/s1. The third kappa shape index (κ3) is 7.19. The van der Waals surface area contributed by atoms with Crippen LogP contribution in [0.2, 0.25) is 0 Å². The Morgan fingerprint density at radius 2 is 2.00 bits per heavy atom. The number of phenols is 1. The summed E-state index contributed by atoms with van der Waals surface area (Å²) in [6.45, 7) is 8.26. The first-order chi connectivity index (χ1) is 22.1. The number of carbonyl (C=O) groups excluding carboxylic acids is 1. The summed E-state index contributed by atoms with van der Waals surface area (Å²) < 4.78 is 22.0. The minimum absolute atomic E-state index is 0.0174. The summed E-state index contributed by atoms with van der Waals surface area (Å²) in [4.78, 5) is 36.1. The van der Waals surface area contributed by atoms with E-state index in [0.29, 0.717) is 59.2 Å². The number of aromatic hydroxyl groups is 1. The summed E-state index contributed by atoms with van der Waals surface area (Å²) in [5.41, 5.74) is 2.56. The average Bonchev–Trinajstić information content (AvgIpc) is 3.70. The summed E-state index contributed by atoms with van der Waals surface area (Å²) in [7, 11) is 0. The van der Waals surface area contributed by atoms with Gasteiger partial charge in [0.2, 0.25) is 0 Å². The molecule has 0 aliphatic carbocycles. The highest BCUT2D eigenvalue weighted by Gasteiger charge is 2.41. The first-order valence-electron chi connectivity index (χ1n) is 15.7. The van der Waals surface area contributed by atoms with Crippen LogP contribution in [-0.4, -0.2) is 87.4 Å². The Balaban J connectivity index is 0.990.